The monoisotopic (exact) mass is 262 g/mol. The van der Waals surface area contributed by atoms with Crippen LogP contribution in [0.2, 0.25) is 0 Å². The predicted molar refractivity (Wildman–Crippen MR) is 70.4 cm³/mol. The Bertz CT molecular complexity index is 452. The lowest BCUT2D eigenvalue weighted by Crippen LogP contribution is -2.22. The summed E-state index contributed by atoms with van der Waals surface area (Å²) in [5.41, 5.74) is 1.78. The molecule has 0 aromatic heterocycles. The SMILES string of the molecule is COC(CCCc1ccccc1)C1=CC(=O)OC1O. The second-order valence-corrected chi connectivity index (χ2v) is 4.54. The van der Waals surface area contributed by atoms with Crippen LogP contribution >= 0.6 is 0 Å². The smallest absolute Gasteiger partial charge is 0.333 e. The number of carbonyl (C=O) groups is 1. The summed E-state index contributed by atoms with van der Waals surface area (Å²) in [6, 6.07) is 10.2. The molecule has 0 radical (unpaired) electrons. The van der Waals surface area contributed by atoms with Gasteiger partial charge >= 0.3 is 5.97 Å². The van der Waals surface area contributed by atoms with Gasteiger partial charge in [-0.1, -0.05) is 30.3 Å². The molecular formula is C15H18O4. The molecule has 0 bridgehead atoms. The van der Waals surface area contributed by atoms with Crippen LogP contribution in [0, 0.1) is 0 Å². The van der Waals surface area contributed by atoms with Gasteiger partial charge in [0.25, 0.3) is 0 Å². The van der Waals surface area contributed by atoms with E-state index in [0.29, 0.717) is 5.57 Å². The summed E-state index contributed by atoms with van der Waals surface area (Å²) in [4.78, 5) is 11.1. The third-order valence-corrected chi connectivity index (χ3v) is 3.23. The Kier molecular flexibility index (Phi) is 4.71. The molecule has 1 heterocycles. The van der Waals surface area contributed by atoms with E-state index in [9.17, 15) is 9.90 Å². The first-order chi connectivity index (χ1) is 9.20. The van der Waals surface area contributed by atoms with Crippen molar-refractivity contribution in [2.45, 2.75) is 31.7 Å². The van der Waals surface area contributed by atoms with E-state index in [1.165, 1.54) is 11.6 Å². The van der Waals surface area contributed by atoms with E-state index in [0.717, 1.165) is 19.3 Å². The van der Waals surface area contributed by atoms with E-state index in [-0.39, 0.29) is 6.10 Å². The van der Waals surface area contributed by atoms with Crippen LogP contribution in [0.1, 0.15) is 18.4 Å². The molecule has 1 aliphatic heterocycles. The molecule has 102 valence electrons. The van der Waals surface area contributed by atoms with Crippen LogP contribution in [0.5, 0.6) is 0 Å². The van der Waals surface area contributed by atoms with Crippen LogP contribution < -0.4 is 0 Å². The molecule has 2 rings (SSSR count). The number of aliphatic hydroxyl groups excluding tert-OH is 1. The molecular weight excluding hydrogens is 244 g/mol. The molecule has 0 amide bonds. The second-order valence-electron chi connectivity index (χ2n) is 4.54. The van der Waals surface area contributed by atoms with Crippen LogP contribution in [0.15, 0.2) is 42.0 Å². The molecule has 0 spiro atoms. The third-order valence-electron chi connectivity index (χ3n) is 3.23. The maximum Gasteiger partial charge on any atom is 0.333 e. The number of esters is 1. The second kappa shape index (κ2) is 6.50. The van der Waals surface area contributed by atoms with Crippen molar-refractivity contribution in [2.75, 3.05) is 7.11 Å². The highest BCUT2D eigenvalue weighted by molar-refractivity contribution is 5.85. The van der Waals surface area contributed by atoms with Gasteiger partial charge in [0.1, 0.15) is 0 Å². The highest BCUT2D eigenvalue weighted by atomic mass is 16.6. The number of hydrogen-bond donors (Lipinski definition) is 1. The van der Waals surface area contributed by atoms with Crippen molar-refractivity contribution >= 4 is 5.97 Å². The molecule has 19 heavy (non-hydrogen) atoms. The average molecular weight is 262 g/mol. The van der Waals surface area contributed by atoms with Gasteiger partial charge in [-0.05, 0) is 24.8 Å². The fourth-order valence-electron chi connectivity index (χ4n) is 2.23. The van der Waals surface area contributed by atoms with E-state index >= 15 is 0 Å². The number of benzene rings is 1. The first-order valence-electron chi connectivity index (χ1n) is 6.37. The number of hydrogen-bond acceptors (Lipinski definition) is 4. The topological polar surface area (TPSA) is 55.8 Å². The zero-order valence-corrected chi connectivity index (χ0v) is 10.9. The lowest BCUT2D eigenvalue weighted by molar-refractivity contribution is -0.152. The molecule has 0 aliphatic carbocycles. The van der Waals surface area contributed by atoms with Crippen molar-refractivity contribution in [3.63, 3.8) is 0 Å². The standard InChI is InChI=1S/C15H18O4/c1-18-13(12-10-14(16)19-15(12)17)9-5-8-11-6-3-2-4-7-11/h2-4,6-7,10,13,15,17H,5,8-9H2,1H3. The molecule has 1 N–H and O–H groups in total. The fraction of sp³-hybridized carbons (Fsp3) is 0.400. The number of ether oxygens (including phenoxy) is 2. The van der Waals surface area contributed by atoms with Crippen LogP contribution in [0.25, 0.3) is 0 Å². The van der Waals surface area contributed by atoms with E-state index < -0.39 is 12.3 Å². The molecule has 0 saturated carbocycles. The summed E-state index contributed by atoms with van der Waals surface area (Å²) in [6.07, 6.45) is 2.49. The van der Waals surface area contributed by atoms with E-state index in [2.05, 4.69) is 16.9 Å². The Hall–Kier alpha value is -1.65. The first kappa shape index (κ1) is 13.8. The van der Waals surface area contributed by atoms with Gasteiger partial charge in [-0.15, -0.1) is 0 Å². The van der Waals surface area contributed by atoms with Gasteiger partial charge < -0.3 is 14.6 Å². The number of carbonyl (C=O) groups excluding carboxylic acids is 1. The third kappa shape index (κ3) is 3.66. The summed E-state index contributed by atoms with van der Waals surface area (Å²) in [6.45, 7) is 0. The molecule has 2 atom stereocenters. The summed E-state index contributed by atoms with van der Waals surface area (Å²) in [5.74, 6) is -0.507. The highest BCUT2D eigenvalue weighted by Crippen LogP contribution is 2.22. The largest absolute Gasteiger partial charge is 0.429 e. The van der Waals surface area contributed by atoms with Crippen molar-refractivity contribution < 1.29 is 19.4 Å². The average Bonchev–Trinajstić information content (AvgIpc) is 2.75. The molecule has 4 heteroatoms. The van der Waals surface area contributed by atoms with Crippen molar-refractivity contribution in [1.82, 2.24) is 0 Å². The molecule has 0 fully saturated rings. The zero-order valence-electron chi connectivity index (χ0n) is 10.9. The van der Waals surface area contributed by atoms with Crippen LogP contribution in [0.3, 0.4) is 0 Å². The summed E-state index contributed by atoms with van der Waals surface area (Å²) in [7, 11) is 1.57. The summed E-state index contributed by atoms with van der Waals surface area (Å²) in [5, 5.41) is 9.59. The first-order valence-corrected chi connectivity index (χ1v) is 6.37. The quantitative estimate of drug-likeness (QED) is 0.795. The van der Waals surface area contributed by atoms with Crippen LogP contribution in [0.4, 0.5) is 0 Å². The Balaban J connectivity index is 1.87. The van der Waals surface area contributed by atoms with E-state index in [4.69, 9.17) is 4.74 Å². The predicted octanol–water partition coefficient (Wildman–Crippen LogP) is 1.83. The lowest BCUT2D eigenvalue weighted by Gasteiger charge is -2.18. The molecule has 1 aromatic rings. The maximum absolute atomic E-state index is 11.1. The zero-order chi connectivity index (χ0) is 13.7. The maximum atomic E-state index is 11.1. The van der Waals surface area contributed by atoms with Gasteiger partial charge in [-0.2, -0.15) is 0 Å². The Morgan fingerprint density at radius 3 is 2.68 bits per heavy atom. The molecule has 1 aromatic carbocycles. The van der Waals surface area contributed by atoms with Crippen molar-refractivity contribution in [3.8, 4) is 0 Å². The minimum atomic E-state index is -1.16. The normalized spacial score (nSPS) is 20.0. The Labute approximate surface area is 112 Å². The number of methoxy groups -OCH3 is 1. The van der Waals surface area contributed by atoms with Crippen molar-refractivity contribution in [3.05, 3.63) is 47.5 Å². The van der Waals surface area contributed by atoms with Crippen molar-refractivity contribution in [1.29, 1.82) is 0 Å². The van der Waals surface area contributed by atoms with Gasteiger partial charge in [0.2, 0.25) is 6.29 Å². The van der Waals surface area contributed by atoms with Gasteiger partial charge in [0.15, 0.2) is 0 Å². The summed E-state index contributed by atoms with van der Waals surface area (Å²) >= 11 is 0. The lowest BCUT2D eigenvalue weighted by atomic mass is 10.0. The van der Waals surface area contributed by atoms with Gasteiger partial charge in [-0.3, -0.25) is 0 Å². The molecule has 4 nitrogen and oxygen atoms in total. The highest BCUT2D eigenvalue weighted by Gasteiger charge is 2.29. The number of aliphatic hydroxyl groups is 1. The minimum Gasteiger partial charge on any atom is -0.429 e. The molecule has 2 unspecified atom stereocenters. The summed E-state index contributed by atoms with van der Waals surface area (Å²) < 4.78 is 10.00. The van der Waals surface area contributed by atoms with Gasteiger partial charge in [0.05, 0.1) is 6.10 Å². The molecule has 1 aliphatic rings. The number of aryl methyl sites for hydroxylation is 1. The van der Waals surface area contributed by atoms with Crippen molar-refractivity contribution in [2.24, 2.45) is 0 Å². The van der Waals surface area contributed by atoms with Gasteiger partial charge in [-0.25, -0.2) is 4.79 Å². The number of cyclic esters (lactones) is 1. The van der Waals surface area contributed by atoms with Crippen LogP contribution in [-0.2, 0) is 20.7 Å². The van der Waals surface area contributed by atoms with Crippen LogP contribution in [-0.4, -0.2) is 30.6 Å². The fourth-order valence-corrected chi connectivity index (χ4v) is 2.23. The van der Waals surface area contributed by atoms with Gasteiger partial charge in [0, 0.05) is 18.8 Å². The minimum absolute atomic E-state index is 0.273. The Morgan fingerprint density at radius 1 is 1.37 bits per heavy atom. The van der Waals surface area contributed by atoms with E-state index in [1.54, 1.807) is 7.11 Å². The Morgan fingerprint density at radius 2 is 2.11 bits per heavy atom. The number of rotatable bonds is 6. The van der Waals surface area contributed by atoms with E-state index in [1.807, 2.05) is 18.2 Å². The molecule has 0 saturated heterocycles.